The van der Waals surface area contributed by atoms with E-state index in [0.717, 1.165) is 11.3 Å². The lowest BCUT2D eigenvalue weighted by Crippen LogP contribution is -2.28. The molecular weight excluding hydrogens is 430 g/mol. The summed E-state index contributed by atoms with van der Waals surface area (Å²) in [5.74, 6) is 0.0226. The van der Waals surface area contributed by atoms with Crippen LogP contribution in [0.4, 0.5) is 4.79 Å². The third-order valence-electron chi connectivity index (χ3n) is 6.00. The van der Waals surface area contributed by atoms with E-state index in [1.807, 2.05) is 48.5 Å². The number of carbonyl (C=O) groups is 2. The molecule has 0 spiro atoms. The molecule has 0 atom stereocenters. The minimum Gasteiger partial charge on any atom is -0.494 e. The molecule has 1 aliphatic carbocycles. The maximum atomic E-state index is 12.3. The van der Waals surface area contributed by atoms with Gasteiger partial charge in [-0.2, -0.15) is 0 Å². The number of nitrogens with one attached hydrogen (secondary N) is 1. The van der Waals surface area contributed by atoms with Crippen molar-refractivity contribution in [1.29, 1.82) is 0 Å². The second kappa shape index (κ2) is 11.4. The van der Waals surface area contributed by atoms with Crippen molar-refractivity contribution < 1.29 is 24.2 Å². The van der Waals surface area contributed by atoms with E-state index in [1.165, 1.54) is 22.3 Å². The van der Waals surface area contributed by atoms with E-state index in [2.05, 4.69) is 29.6 Å². The second-order valence-electron chi connectivity index (χ2n) is 8.35. The predicted octanol–water partition coefficient (Wildman–Crippen LogP) is 5.40. The number of aliphatic carboxylic acids is 1. The Hall–Kier alpha value is -3.80. The van der Waals surface area contributed by atoms with E-state index < -0.39 is 12.1 Å². The molecule has 4 rings (SSSR count). The highest BCUT2D eigenvalue weighted by atomic mass is 16.5. The minimum atomic E-state index is -0.781. The van der Waals surface area contributed by atoms with Gasteiger partial charge < -0.3 is 19.9 Å². The van der Waals surface area contributed by atoms with Gasteiger partial charge in [-0.05, 0) is 59.2 Å². The summed E-state index contributed by atoms with van der Waals surface area (Å²) in [7, 11) is 0. The van der Waals surface area contributed by atoms with Crippen LogP contribution in [0.1, 0.15) is 41.9 Å². The average Bonchev–Trinajstić information content (AvgIpc) is 3.17. The quantitative estimate of drug-likeness (QED) is 0.375. The lowest BCUT2D eigenvalue weighted by molar-refractivity contribution is -0.137. The van der Waals surface area contributed by atoms with Crippen LogP contribution in [-0.4, -0.2) is 36.9 Å². The molecule has 6 nitrogen and oxygen atoms in total. The Morgan fingerprint density at radius 1 is 0.853 bits per heavy atom. The number of benzene rings is 3. The summed E-state index contributed by atoms with van der Waals surface area (Å²) < 4.78 is 11.2. The van der Waals surface area contributed by atoms with Crippen LogP contribution in [0, 0.1) is 0 Å². The van der Waals surface area contributed by atoms with Crippen LogP contribution in [0.3, 0.4) is 0 Å². The van der Waals surface area contributed by atoms with E-state index in [0.29, 0.717) is 39.0 Å². The Balaban J connectivity index is 1.19. The number of hydrogen-bond donors (Lipinski definition) is 2. The van der Waals surface area contributed by atoms with Crippen molar-refractivity contribution in [1.82, 2.24) is 5.32 Å². The number of carbonyl (C=O) groups excluding carboxylic acids is 1. The van der Waals surface area contributed by atoms with Crippen LogP contribution in [0.15, 0.2) is 72.8 Å². The Labute approximate surface area is 199 Å². The summed E-state index contributed by atoms with van der Waals surface area (Å²) in [6, 6.07) is 24.3. The van der Waals surface area contributed by atoms with Gasteiger partial charge in [0.25, 0.3) is 0 Å². The summed E-state index contributed by atoms with van der Waals surface area (Å²) in [6.07, 6.45) is 1.75. The second-order valence-corrected chi connectivity index (χ2v) is 8.35. The summed E-state index contributed by atoms with van der Waals surface area (Å²) >= 11 is 0. The minimum absolute atomic E-state index is 0.0508. The molecule has 2 N–H and O–H groups in total. The van der Waals surface area contributed by atoms with Crippen LogP contribution in [-0.2, 0) is 16.0 Å². The SMILES string of the molecule is O=C(O)CCCCOc1ccc(CCNC(=O)OCC2c3ccccc3-c3ccccc32)cc1. The van der Waals surface area contributed by atoms with E-state index in [1.54, 1.807) is 0 Å². The lowest BCUT2D eigenvalue weighted by atomic mass is 9.98. The molecule has 3 aromatic carbocycles. The summed E-state index contributed by atoms with van der Waals surface area (Å²) in [4.78, 5) is 22.8. The van der Waals surface area contributed by atoms with Crippen LogP contribution in [0.2, 0.25) is 0 Å². The topological polar surface area (TPSA) is 84.9 Å². The highest BCUT2D eigenvalue weighted by molar-refractivity contribution is 5.79. The molecule has 6 heteroatoms. The number of ether oxygens (including phenoxy) is 2. The highest BCUT2D eigenvalue weighted by Gasteiger charge is 2.28. The Bertz CT molecular complexity index is 1080. The van der Waals surface area contributed by atoms with Crippen LogP contribution < -0.4 is 10.1 Å². The van der Waals surface area contributed by atoms with Crippen molar-refractivity contribution in [3.8, 4) is 16.9 Å². The number of amides is 1. The van der Waals surface area contributed by atoms with E-state index in [-0.39, 0.29) is 12.3 Å². The maximum Gasteiger partial charge on any atom is 0.407 e. The van der Waals surface area contributed by atoms with Gasteiger partial charge in [0.2, 0.25) is 0 Å². The first-order valence-corrected chi connectivity index (χ1v) is 11.6. The molecule has 34 heavy (non-hydrogen) atoms. The zero-order chi connectivity index (χ0) is 23.8. The van der Waals surface area contributed by atoms with Gasteiger partial charge >= 0.3 is 12.1 Å². The number of fused-ring (bicyclic) bond motifs is 3. The molecule has 0 heterocycles. The number of unbranched alkanes of at least 4 members (excludes halogenated alkanes) is 1. The molecule has 0 saturated carbocycles. The van der Waals surface area contributed by atoms with Gasteiger partial charge in [-0.1, -0.05) is 60.7 Å². The first-order valence-electron chi connectivity index (χ1n) is 11.6. The Kier molecular flexibility index (Phi) is 7.81. The van der Waals surface area contributed by atoms with Crippen molar-refractivity contribution in [3.63, 3.8) is 0 Å². The monoisotopic (exact) mass is 459 g/mol. The molecule has 3 aromatic rings. The fourth-order valence-corrected chi connectivity index (χ4v) is 4.28. The van der Waals surface area contributed by atoms with Crippen molar-refractivity contribution >= 4 is 12.1 Å². The predicted molar refractivity (Wildman–Crippen MR) is 130 cm³/mol. The number of carboxylic acids is 1. The van der Waals surface area contributed by atoms with Crippen molar-refractivity contribution in [2.24, 2.45) is 0 Å². The first kappa shape index (κ1) is 23.4. The van der Waals surface area contributed by atoms with Gasteiger partial charge in [0, 0.05) is 18.9 Å². The van der Waals surface area contributed by atoms with Crippen molar-refractivity contribution in [2.75, 3.05) is 19.8 Å². The van der Waals surface area contributed by atoms with Gasteiger partial charge in [-0.25, -0.2) is 4.79 Å². The molecule has 0 bridgehead atoms. The molecule has 1 aliphatic rings. The molecule has 1 amide bonds. The summed E-state index contributed by atoms with van der Waals surface area (Å²) in [6.45, 7) is 1.28. The van der Waals surface area contributed by atoms with Gasteiger partial charge in [0.15, 0.2) is 0 Å². The van der Waals surface area contributed by atoms with Gasteiger partial charge in [-0.15, -0.1) is 0 Å². The molecule has 0 fully saturated rings. The number of alkyl carbamates (subject to hydrolysis) is 1. The number of carboxylic acid groups (broad SMARTS) is 1. The zero-order valence-corrected chi connectivity index (χ0v) is 19.0. The smallest absolute Gasteiger partial charge is 0.407 e. The largest absolute Gasteiger partial charge is 0.494 e. The van der Waals surface area contributed by atoms with Crippen molar-refractivity contribution in [3.05, 3.63) is 89.5 Å². The van der Waals surface area contributed by atoms with Crippen LogP contribution in [0.5, 0.6) is 5.75 Å². The van der Waals surface area contributed by atoms with E-state index in [4.69, 9.17) is 14.6 Å². The highest BCUT2D eigenvalue weighted by Crippen LogP contribution is 2.44. The zero-order valence-electron chi connectivity index (χ0n) is 19.0. The fraction of sp³-hybridized carbons (Fsp3) is 0.286. The third kappa shape index (κ3) is 5.95. The molecule has 0 radical (unpaired) electrons. The molecule has 0 unspecified atom stereocenters. The van der Waals surface area contributed by atoms with E-state index >= 15 is 0 Å². The molecule has 176 valence electrons. The van der Waals surface area contributed by atoms with Crippen molar-refractivity contribution in [2.45, 2.75) is 31.6 Å². The maximum absolute atomic E-state index is 12.3. The van der Waals surface area contributed by atoms with Crippen LogP contribution in [0.25, 0.3) is 11.1 Å². The van der Waals surface area contributed by atoms with Gasteiger partial charge in [-0.3, -0.25) is 4.79 Å². The fourth-order valence-electron chi connectivity index (χ4n) is 4.28. The normalized spacial score (nSPS) is 12.0. The number of rotatable bonds is 11. The Morgan fingerprint density at radius 3 is 2.15 bits per heavy atom. The van der Waals surface area contributed by atoms with Gasteiger partial charge in [0.05, 0.1) is 6.61 Å². The summed E-state index contributed by atoms with van der Waals surface area (Å²) in [5, 5.41) is 11.5. The Morgan fingerprint density at radius 2 is 1.50 bits per heavy atom. The molecule has 0 aliphatic heterocycles. The average molecular weight is 460 g/mol. The molecule has 0 saturated heterocycles. The third-order valence-corrected chi connectivity index (χ3v) is 6.00. The molecular formula is C28H29NO5. The van der Waals surface area contributed by atoms with Crippen LogP contribution >= 0.6 is 0 Å². The number of hydrogen-bond acceptors (Lipinski definition) is 4. The van der Waals surface area contributed by atoms with E-state index in [9.17, 15) is 9.59 Å². The molecule has 0 aromatic heterocycles. The standard InChI is InChI=1S/C28H29NO5/c30-27(31)11-5-6-18-33-21-14-12-20(13-15-21)16-17-29-28(32)34-19-26-24-9-3-1-7-22(24)23-8-2-4-10-25(23)26/h1-4,7-10,12-15,26H,5-6,11,16-19H2,(H,29,32)(H,30,31). The lowest BCUT2D eigenvalue weighted by Gasteiger charge is -2.14. The first-order chi connectivity index (χ1) is 16.6. The van der Waals surface area contributed by atoms with Gasteiger partial charge in [0.1, 0.15) is 12.4 Å². The summed E-state index contributed by atoms with van der Waals surface area (Å²) in [5.41, 5.74) is 5.89.